The average molecular weight is 301 g/mol. The quantitative estimate of drug-likeness (QED) is 0.619. The van der Waals surface area contributed by atoms with Crippen LogP contribution in [0.5, 0.6) is 0 Å². The third-order valence-corrected chi connectivity index (χ3v) is 4.52. The van der Waals surface area contributed by atoms with E-state index >= 15 is 0 Å². The first-order valence-corrected chi connectivity index (χ1v) is 8.26. The van der Waals surface area contributed by atoms with Crippen molar-refractivity contribution in [3.8, 4) is 0 Å². The fraction of sp³-hybridized carbons (Fsp3) is 0.353. The third kappa shape index (κ3) is 4.90. The first-order chi connectivity index (χ1) is 10.2. The Balaban J connectivity index is 1.85. The Labute approximate surface area is 130 Å². The predicted molar refractivity (Wildman–Crippen MR) is 93.3 cm³/mol. The Morgan fingerprint density at radius 1 is 1.29 bits per heavy atom. The first-order valence-electron chi connectivity index (χ1n) is 7.38. The summed E-state index contributed by atoms with van der Waals surface area (Å²) >= 11 is 1.75. The summed E-state index contributed by atoms with van der Waals surface area (Å²) in [6.45, 7) is 5.15. The molecule has 3 nitrogen and oxygen atoms in total. The van der Waals surface area contributed by atoms with Crippen LogP contribution >= 0.6 is 11.3 Å². The molecule has 2 rings (SSSR count). The SMILES string of the molecule is CCC(C)c1ccc(NC(N)=NCCc2cccs2)cc1. The second kappa shape index (κ2) is 7.84. The number of thiophene rings is 1. The smallest absolute Gasteiger partial charge is 0.193 e. The molecule has 1 heterocycles. The molecule has 0 radical (unpaired) electrons. The maximum Gasteiger partial charge on any atom is 0.193 e. The number of aliphatic imine (C=N–C) groups is 1. The maximum absolute atomic E-state index is 5.91. The van der Waals surface area contributed by atoms with E-state index in [1.165, 1.54) is 10.4 Å². The van der Waals surface area contributed by atoms with E-state index in [2.05, 4.69) is 65.9 Å². The molecule has 3 N–H and O–H groups in total. The highest BCUT2D eigenvalue weighted by Crippen LogP contribution is 2.20. The number of nitrogens with two attached hydrogens (primary N) is 1. The van der Waals surface area contributed by atoms with Gasteiger partial charge in [-0.1, -0.05) is 32.0 Å². The molecule has 0 bridgehead atoms. The van der Waals surface area contributed by atoms with Crippen molar-refractivity contribution in [3.05, 3.63) is 52.2 Å². The van der Waals surface area contributed by atoms with Crippen LogP contribution < -0.4 is 11.1 Å². The van der Waals surface area contributed by atoms with Crippen LogP contribution in [0.4, 0.5) is 5.69 Å². The maximum atomic E-state index is 5.91. The van der Waals surface area contributed by atoms with Crippen LogP contribution in [0.2, 0.25) is 0 Å². The molecule has 21 heavy (non-hydrogen) atoms. The van der Waals surface area contributed by atoms with Crippen molar-refractivity contribution in [3.63, 3.8) is 0 Å². The Hall–Kier alpha value is -1.81. The van der Waals surface area contributed by atoms with Crippen LogP contribution in [-0.4, -0.2) is 12.5 Å². The van der Waals surface area contributed by atoms with Crippen LogP contribution in [0.1, 0.15) is 36.6 Å². The van der Waals surface area contributed by atoms with Crippen LogP contribution in [-0.2, 0) is 6.42 Å². The number of rotatable bonds is 6. The zero-order valence-electron chi connectivity index (χ0n) is 12.7. The number of anilines is 1. The molecular formula is C17H23N3S. The molecule has 0 aliphatic carbocycles. The summed E-state index contributed by atoms with van der Waals surface area (Å²) in [5.74, 6) is 1.07. The van der Waals surface area contributed by atoms with Gasteiger partial charge in [0.2, 0.25) is 0 Å². The van der Waals surface area contributed by atoms with E-state index in [0.29, 0.717) is 18.4 Å². The fourth-order valence-corrected chi connectivity index (χ4v) is 2.76. The molecular weight excluding hydrogens is 278 g/mol. The number of guanidine groups is 1. The van der Waals surface area contributed by atoms with Crippen molar-refractivity contribution < 1.29 is 0 Å². The highest BCUT2D eigenvalue weighted by molar-refractivity contribution is 7.09. The van der Waals surface area contributed by atoms with Gasteiger partial charge in [0.05, 0.1) is 0 Å². The average Bonchev–Trinajstić information content (AvgIpc) is 3.00. The lowest BCUT2D eigenvalue weighted by molar-refractivity contribution is 0.734. The lowest BCUT2D eigenvalue weighted by atomic mass is 9.99. The van der Waals surface area contributed by atoms with Gasteiger partial charge in [0.15, 0.2) is 5.96 Å². The van der Waals surface area contributed by atoms with Gasteiger partial charge >= 0.3 is 0 Å². The second-order valence-corrected chi connectivity index (χ2v) is 6.18. The minimum Gasteiger partial charge on any atom is -0.370 e. The molecule has 1 aromatic carbocycles. The summed E-state index contributed by atoms with van der Waals surface area (Å²) < 4.78 is 0. The molecule has 0 saturated carbocycles. The van der Waals surface area contributed by atoms with E-state index in [1.807, 2.05) is 0 Å². The molecule has 1 atom stereocenters. The minimum atomic E-state index is 0.475. The van der Waals surface area contributed by atoms with Gasteiger partial charge in [-0.05, 0) is 41.5 Å². The molecule has 1 unspecified atom stereocenters. The molecule has 4 heteroatoms. The van der Waals surface area contributed by atoms with Crippen LogP contribution in [0.3, 0.4) is 0 Å². The van der Waals surface area contributed by atoms with E-state index in [4.69, 9.17) is 5.73 Å². The van der Waals surface area contributed by atoms with Crippen molar-refractivity contribution in [2.24, 2.45) is 10.7 Å². The molecule has 0 aliphatic rings. The van der Waals surface area contributed by atoms with Crippen molar-refractivity contribution in [2.45, 2.75) is 32.6 Å². The molecule has 0 spiro atoms. The lowest BCUT2D eigenvalue weighted by Crippen LogP contribution is -2.23. The van der Waals surface area contributed by atoms with Gasteiger partial charge in [-0.25, -0.2) is 0 Å². The molecule has 0 fully saturated rings. The van der Waals surface area contributed by atoms with Gasteiger partial charge in [0.1, 0.15) is 0 Å². The van der Waals surface area contributed by atoms with E-state index in [-0.39, 0.29) is 0 Å². The normalized spacial score (nSPS) is 13.1. The number of hydrogen-bond acceptors (Lipinski definition) is 2. The molecule has 0 saturated heterocycles. The Bertz CT molecular complexity index is 558. The Morgan fingerprint density at radius 3 is 2.67 bits per heavy atom. The summed E-state index contributed by atoms with van der Waals surface area (Å²) in [6, 6.07) is 12.6. The topological polar surface area (TPSA) is 50.4 Å². The largest absolute Gasteiger partial charge is 0.370 e. The van der Waals surface area contributed by atoms with Gasteiger partial charge in [0, 0.05) is 23.5 Å². The summed E-state index contributed by atoms with van der Waals surface area (Å²) in [5, 5.41) is 5.22. The fourth-order valence-electron chi connectivity index (χ4n) is 2.06. The summed E-state index contributed by atoms with van der Waals surface area (Å²) in [6.07, 6.45) is 2.09. The van der Waals surface area contributed by atoms with E-state index in [9.17, 15) is 0 Å². The third-order valence-electron chi connectivity index (χ3n) is 3.58. The lowest BCUT2D eigenvalue weighted by Gasteiger charge is -2.10. The molecule has 1 aromatic heterocycles. The summed E-state index contributed by atoms with van der Waals surface area (Å²) in [5.41, 5.74) is 8.25. The van der Waals surface area contributed by atoms with Crippen LogP contribution in [0.15, 0.2) is 46.8 Å². The molecule has 112 valence electrons. The zero-order valence-corrected chi connectivity index (χ0v) is 13.5. The monoisotopic (exact) mass is 301 g/mol. The standard InChI is InChI=1S/C17H23N3S/c1-3-13(2)14-6-8-15(9-7-14)20-17(18)19-11-10-16-5-4-12-21-16/h4-9,12-13H,3,10-11H2,1-2H3,(H3,18,19,20). The predicted octanol–water partition coefficient (Wildman–Crippen LogP) is 4.23. The van der Waals surface area contributed by atoms with Crippen molar-refractivity contribution in [1.82, 2.24) is 0 Å². The Morgan fingerprint density at radius 2 is 2.05 bits per heavy atom. The van der Waals surface area contributed by atoms with Gasteiger partial charge < -0.3 is 11.1 Å². The van der Waals surface area contributed by atoms with E-state index in [1.54, 1.807) is 11.3 Å². The number of hydrogen-bond donors (Lipinski definition) is 2. The summed E-state index contributed by atoms with van der Waals surface area (Å²) in [7, 11) is 0. The van der Waals surface area contributed by atoms with Gasteiger partial charge in [-0.2, -0.15) is 0 Å². The minimum absolute atomic E-state index is 0.475. The number of benzene rings is 1. The molecule has 2 aromatic rings. The van der Waals surface area contributed by atoms with Crippen LogP contribution in [0, 0.1) is 0 Å². The van der Waals surface area contributed by atoms with Gasteiger partial charge in [-0.15, -0.1) is 11.3 Å². The van der Waals surface area contributed by atoms with E-state index in [0.717, 1.165) is 18.5 Å². The zero-order chi connectivity index (χ0) is 15.1. The molecule has 0 aliphatic heterocycles. The van der Waals surface area contributed by atoms with Crippen molar-refractivity contribution in [1.29, 1.82) is 0 Å². The van der Waals surface area contributed by atoms with Gasteiger partial charge in [-0.3, -0.25) is 4.99 Å². The Kier molecular flexibility index (Phi) is 5.81. The number of nitrogens with zero attached hydrogens (tertiary/aromatic N) is 1. The second-order valence-electron chi connectivity index (χ2n) is 5.15. The van der Waals surface area contributed by atoms with Crippen LogP contribution in [0.25, 0.3) is 0 Å². The molecule has 0 amide bonds. The number of nitrogens with one attached hydrogen (secondary N) is 1. The summed E-state index contributed by atoms with van der Waals surface area (Å²) in [4.78, 5) is 5.70. The first kappa shape index (κ1) is 15.6. The van der Waals surface area contributed by atoms with Crippen molar-refractivity contribution >= 4 is 23.0 Å². The van der Waals surface area contributed by atoms with E-state index < -0.39 is 0 Å². The highest BCUT2D eigenvalue weighted by atomic mass is 32.1. The van der Waals surface area contributed by atoms with Gasteiger partial charge in [0.25, 0.3) is 0 Å². The highest BCUT2D eigenvalue weighted by Gasteiger charge is 2.02. The van der Waals surface area contributed by atoms with Crippen molar-refractivity contribution in [2.75, 3.05) is 11.9 Å².